The predicted molar refractivity (Wildman–Crippen MR) is 100 cm³/mol. The Kier molecular flexibility index (Phi) is 5.77. The number of thiazole rings is 1. The second-order valence-corrected chi connectivity index (χ2v) is 6.75. The minimum Gasteiger partial charge on any atom is -0.618 e. The van der Waals surface area contributed by atoms with Crippen LogP contribution < -0.4 is 10.0 Å². The lowest BCUT2D eigenvalue weighted by Gasteiger charge is -2.04. The van der Waals surface area contributed by atoms with Gasteiger partial charge in [-0.15, -0.1) is 11.3 Å². The molecule has 0 spiro atoms. The molecule has 2 aromatic heterocycles. The van der Waals surface area contributed by atoms with Crippen LogP contribution >= 0.6 is 11.3 Å². The molecule has 1 N–H and O–H groups in total. The van der Waals surface area contributed by atoms with Crippen molar-refractivity contribution in [2.75, 3.05) is 5.32 Å². The molecule has 3 rings (SSSR count). The number of hydrogen-bond acceptors (Lipinski definition) is 6. The van der Waals surface area contributed by atoms with Crippen LogP contribution in [0.3, 0.4) is 0 Å². The average Bonchev–Trinajstić information content (AvgIpc) is 3.09. The average molecular weight is 383 g/mol. The van der Waals surface area contributed by atoms with E-state index in [4.69, 9.17) is 4.74 Å². The van der Waals surface area contributed by atoms with Crippen LogP contribution in [-0.4, -0.2) is 16.9 Å². The van der Waals surface area contributed by atoms with Gasteiger partial charge in [0.2, 0.25) is 5.91 Å². The zero-order valence-electron chi connectivity index (χ0n) is 14.5. The van der Waals surface area contributed by atoms with E-state index in [9.17, 15) is 14.8 Å². The Morgan fingerprint density at radius 3 is 2.74 bits per heavy atom. The fourth-order valence-corrected chi connectivity index (χ4v) is 3.05. The second kappa shape index (κ2) is 8.41. The number of rotatable bonds is 6. The number of carbonyl (C=O) groups is 2. The minimum atomic E-state index is -0.725. The summed E-state index contributed by atoms with van der Waals surface area (Å²) in [5, 5.41) is 16.7. The van der Waals surface area contributed by atoms with Gasteiger partial charge in [0.1, 0.15) is 11.6 Å². The van der Waals surface area contributed by atoms with Crippen molar-refractivity contribution in [3.8, 4) is 0 Å². The van der Waals surface area contributed by atoms with Gasteiger partial charge in [-0.1, -0.05) is 17.7 Å². The van der Waals surface area contributed by atoms with Crippen LogP contribution in [0, 0.1) is 12.1 Å². The Morgan fingerprint density at radius 1 is 1.22 bits per heavy atom. The number of aryl methyl sites for hydroxylation is 1. The first-order valence-corrected chi connectivity index (χ1v) is 9.04. The van der Waals surface area contributed by atoms with Crippen LogP contribution in [0.4, 0.5) is 5.69 Å². The quantitative estimate of drug-likeness (QED) is 0.401. The molecule has 0 radical (unpaired) electrons. The standard InChI is InChI=1S/C19H17N3O4S/c1-13-5-7-14(8-6-13)20-17(23)10-18-21-15(12-27-18)11-26-19(24)16-4-2-3-9-22(16)25/h2-9,12H,10-11H2,1H3,(H,20,23). The zero-order valence-corrected chi connectivity index (χ0v) is 15.4. The van der Waals surface area contributed by atoms with Crippen molar-refractivity contribution in [2.45, 2.75) is 20.0 Å². The maximum absolute atomic E-state index is 12.1. The van der Waals surface area contributed by atoms with Crippen molar-refractivity contribution in [2.24, 2.45) is 0 Å². The molecular weight excluding hydrogens is 366 g/mol. The highest BCUT2D eigenvalue weighted by Gasteiger charge is 2.17. The van der Waals surface area contributed by atoms with Crippen molar-refractivity contribution in [3.05, 3.63) is 81.2 Å². The Bertz CT molecular complexity index is 954. The number of aromatic nitrogens is 2. The van der Waals surface area contributed by atoms with Crippen LogP contribution in [-0.2, 0) is 22.6 Å². The lowest BCUT2D eigenvalue weighted by molar-refractivity contribution is -0.608. The number of hydrogen-bond donors (Lipinski definition) is 1. The zero-order chi connectivity index (χ0) is 19.2. The number of nitrogens with zero attached hydrogens (tertiary/aromatic N) is 2. The summed E-state index contributed by atoms with van der Waals surface area (Å²) in [7, 11) is 0. The highest BCUT2D eigenvalue weighted by molar-refractivity contribution is 7.09. The molecule has 0 saturated carbocycles. The summed E-state index contributed by atoms with van der Waals surface area (Å²) in [5.41, 5.74) is 2.28. The van der Waals surface area contributed by atoms with Crippen molar-refractivity contribution < 1.29 is 19.1 Å². The number of ether oxygens (including phenoxy) is 1. The highest BCUT2D eigenvalue weighted by Crippen LogP contribution is 2.14. The van der Waals surface area contributed by atoms with Crippen molar-refractivity contribution in [3.63, 3.8) is 0 Å². The van der Waals surface area contributed by atoms with Crippen molar-refractivity contribution >= 4 is 28.9 Å². The number of anilines is 1. The van der Waals surface area contributed by atoms with Gasteiger partial charge in [-0.05, 0) is 25.1 Å². The number of benzene rings is 1. The Hall–Kier alpha value is -3.26. The van der Waals surface area contributed by atoms with Gasteiger partial charge < -0.3 is 15.3 Å². The molecule has 27 heavy (non-hydrogen) atoms. The number of amides is 1. The van der Waals surface area contributed by atoms with Crippen LogP contribution in [0.1, 0.15) is 26.8 Å². The summed E-state index contributed by atoms with van der Waals surface area (Å²) in [6, 6.07) is 12.0. The molecule has 2 heterocycles. The fourth-order valence-electron chi connectivity index (χ4n) is 2.28. The van der Waals surface area contributed by atoms with Crippen LogP contribution in [0.25, 0.3) is 0 Å². The fraction of sp³-hybridized carbons (Fsp3) is 0.158. The van der Waals surface area contributed by atoms with Crippen LogP contribution in [0.2, 0.25) is 0 Å². The molecule has 0 aliphatic rings. The maximum atomic E-state index is 12.1. The predicted octanol–water partition coefficient (Wildman–Crippen LogP) is 2.62. The normalized spacial score (nSPS) is 10.4. The lowest BCUT2D eigenvalue weighted by atomic mass is 10.2. The van der Waals surface area contributed by atoms with Gasteiger partial charge in [0.25, 0.3) is 0 Å². The SMILES string of the molecule is Cc1ccc(NC(=O)Cc2nc(COC(=O)c3cccc[n+]3[O-])cs2)cc1. The third kappa shape index (κ3) is 5.11. The largest absolute Gasteiger partial charge is 0.618 e. The molecule has 138 valence electrons. The van der Waals surface area contributed by atoms with Crippen molar-refractivity contribution in [1.82, 2.24) is 4.98 Å². The Labute approximate surface area is 159 Å². The molecule has 0 bridgehead atoms. The smallest absolute Gasteiger partial charge is 0.405 e. The van der Waals surface area contributed by atoms with Gasteiger partial charge in [0, 0.05) is 23.2 Å². The summed E-state index contributed by atoms with van der Waals surface area (Å²) in [4.78, 5) is 28.3. The van der Waals surface area contributed by atoms with Crippen LogP contribution in [0.15, 0.2) is 54.0 Å². The van der Waals surface area contributed by atoms with Crippen LogP contribution in [0.5, 0.6) is 0 Å². The number of carbonyl (C=O) groups excluding carboxylic acids is 2. The molecule has 0 saturated heterocycles. The van der Waals surface area contributed by atoms with Gasteiger partial charge in [-0.25, -0.2) is 9.78 Å². The molecule has 3 aromatic rings. The molecule has 1 aromatic carbocycles. The van der Waals surface area contributed by atoms with E-state index in [-0.39, 0.29) is 24.6 Å². The number of nitrogens with one attached hydrogen (secondary N) is 1. The molecule has 0 aliphatic carbocycles. The first kappa shape index (κ1) is 18.5. The van der Waals surface area contributed by atoms with E-state index in [1.165, 1.54) is 29.7 Å². The Balaban J connectivity index is 1.52. The number of pyridine rings is 1. The Morgan fingerprint density at radius 2 is 2.00 bits per heavy atom. The lowest BCUT2D eigenvalue weighted by Crippen LogP contribution is -2.34. The summed E-state index contributed by atoms with van der Waals surface area (Å²) in [5.74, 6) is -0.898. The molecule has 0 aliphatic heterocycles. The highest BCUT2D eigenvalue weighted by atomic mass is 32.1. The van der Waals surface area contributed by atoms with Gasteiger partial charge in [0.05, 0.1) is 12.1 Å². The maximum Gasteiger partial charge on any atom is 0.405 e. The second-order valence-electron chi connectivity index (χ2n) is 5.81. The molecule has 8 heteroatoms. The minimum absolute atomic E-state index is 0.0657. The van der Waals surface area contributed by atoms with E-state index >= 15 is 0 Å². The molecule has 0 unspecified atom stereocenters. The third-order valence-electron chi connectivity index (χ3n) is 3.63. The molecule has 7 nitrogen and oxygen atoms in total. The van der Waals surface area contributed by atoms with E-state index in [0.717, 1.165) is 11.3 Å². The van der Waals surface area contributed by atoms with E-state index in [2.05, 4.69) is 10.3 Å². The summed E-state index contributed by atoms with van der Waals surface area (Å²) < 4.78 is 5.55. The summed E-state index contributed by atoms with van der Waals surface area (Å²) >= 11 is 1.31. The van der Waals surface area contributed by atoms with Gasteiger partial charge in [0.15, 0.2) is 6.20 Å². The topological polar surface area (TPSA) is 95.2 Å². The molecule has 0 atom stereocenters. The first-order valence-electron chi connectivity index (χ1n) is 8.16. The number of esters is 1. The summed E-state index contributed by atoms with van der Waals surface area (Å²) in [6.45, 7) is 1.91. The van der Waals surface area contributed by atoms with E-state index in [0.29, 0.717) is 15.4 Å². The first-order chi connectivity index (χ1) is 13.0. The monoisotopic (exact) mass is 383 g/mol. The van der Waals surface area contributed by atoms with Crippen molar-refractivity contribution in [1.29, 1.82) is 0 Å². The van der Waals surface area contributed by atoms with Gasteiger partial charge in [-0.3, -0.25) is 4.79 Å². The van der Waals surface area contributed by atoms with E-state index in [1.807, 2.05) is 31.2 Å². The van der Waals surface area contributed by atoms with E-state index in [1.54, 1.807) is 11.4 Å². The van der Waals surface area contributed by atoms with Gasteiger partial charge in [-0.2, -0.15) is 4.73 Å². The molecule has 0 fully saturated rings. The van der Waals surface area contributed by atoms with Gasteiger partial charge >= 0.3 is 11.7 Å². The molecule has 1 amide bonds. The summed E-state index contributed by atoms with van der Waals surface area (Å²) in [6.07, 6.45) is 1.36. The third-order valence-corrected chi connectivity index (χ3v) is 4.53. The van der Waals surface area contributed by atoms with E-state index < -0.39 is 5.97 Å². The molecular formula is C19H17N3O4S.